The average Bonchev–Trinajstić information content (AvgIpc) is 3.09. The van der Waals surface area contributed by atoms with Crippen molar-refractivity contribution in [1.82, 2.24) is 9.71 Å². The summed E-state index contributed by atoms with van der Waals surface area (Å²) in [5.74, 6) is -0.322. The standard InChI is InChI=1S/C19H20N2O6S/c1-13(11-25-2)21-28(23,24)15-9-7-14(8-10-15)19(22)26-12-18-20-16-5-3-4-6-17(16)27-18/h3-10,13,21H,11-12H2,1-2H3/t13-/m0/s1. The molecular formula is C19H20N2O6S. The largest absolute Gasteiger partial charge is 0.452 e. The van der Waals surface area contributed by atoms with E-state index in [2.05, 4.69) is 9.71 Å². The molecule has 0 aliphatic rings. The Morgan fingerprint density at radius 2 is 1.89 bits per heavy atom. The number of rotatable bonds is 8. The van der Waals surface area contributed by atoms with Crippen LogP contribution < -0.4 is 4.72 Å². The fourth-order valence-electron chi connectivity index (χ4n) is 2.58. The zero-order chi connectivity index (χ0) is 20.1. The number of methoxy groups -OCH3 is 1. The number of carbonyl (C=O) groups excluding carboxylic acids is 1. The summed E-state index contributed by atoms with van der Waals surface area (Å²) in [6.45, 7) is 1.82. The van der Waals surface area contributed by atoms with Crippen LogP contribution in [0.4, 0.5) is 0 Å². The fourth-order valence-corrected chi connectivity index (χ4v) is 3.81. The maximum Gasteiger partial charge on any atom is 0.338 e. The third kappa shape index (κ3) is 4.75. The second-order valence-corrected chi connectivity index (χ2v) is 7.87. The fraction of sp³-hybridized carbons (Fsp3) is 0.263. The van der Waals surface area contributed by atoms with Gasteiger partial charge in [0.15, 0.2) is 12.2 Å². The van der Waals surface area contributed by atoms with Gasteiger partial charge in [0.25, 0.3) is 0 Å². The zero-order valence-corrected chi connectivity index (χ0v) is 16.2. The minimum absolute atomic E-state index is 0.0472. The molecule has 1 heterocycles. The van der Waals surface area contributed by atoms with Gasteiger partial charge in [-0.05, 0) is 43.3 Å². The summed E-state index contributed by atoms with van der Waals surface area (Å²) in [6.07, 6.45) is 0. The van der Waals surface area contributed by atoms with Crippen LogP contribution in [0, 0.1) is 0 Å². The van der Waals surface area contributed by atoms with Crippen LogP contribution in [0.2, 0.25) is 0 Å². The maximum atomic E-state index is 12.3. The van der Waals surface area contributed by atoms with Crippen LogP contribution in [-0.4, -0.2) is 39.1 Å². The average molecular weight is 404 g/mol. The number of para-hydroxylation sites is 2. The van der Waals surface area contributed by atoms with E-state index in [0.29, 0.717) is 11.1 Å². The van der Waals surface area contributed by atoms with Crippen molar-refractivity contribution in [2.75, 3.05) is 13.7 Å². The lowest BCUT2D eigenvalue weighted by molar-refractivity contribution is 0.0440. The molecule has 0 aliphatic heterocycles. The minimum Gasteiger partial charge on any atom is -0.452 e. The first-order valence-corrected chi connectivity index (χ1v) is 10.0. The van der Waals surface area contributed by atoms with Crippen LogP contribution >= 0.6 is 0 Å². The Labute approximate surface area is 162 Å². The lowest BCUT2D eigenvalue weighted by atomic mass is 10.2. The number of ether oxygens (including phenoxy) is 2. The van der Waals surface area contributed by atoms with Crippen molar-refractivity contribution in [1.29, 1.82) is 0 Å². The highest BCUT2D eigenvalue weighted by Crippen LogP contribution is 2.16. The van der Waals surface area contributed by atoms with Crippen molar-refractivity contribution in [3.8, 4) is 0 Å². The molecule has 0 saturated carbocycles. The molecule has 1 atom stereocenters. The number of nitrogens with one attached hydrogen (secondary N) is 1. The molecule has 0 amide bonds. The van der Waals surface area contributed by atoms with Gasteiger partial charge in [0.1, 0.15) is 5.52 Å². The van der Waals surface area contributed by atoms with Crippen molar-refractivity contribution in [3.63, 3.8) is 0 Å². The lowest BCUT2D eigenvalue weighted by Crippen LogP contribution is -2.35. The Morgan fingerprint density at radius 3 is 2.57 bits per heavy atom. The Bertz CT molecular complexity index is 1030. The van der Waals surface area contributed by atoms with Gasteiger partial charge in [-0.2, -0.15) is 0 Å². The molecule has 3 aromatic rings. The summed E-state index contributed by atoms with van der Waals surface area (Å²) >= 11 is 0. The number of esters is 1. The normalized spacial score (nSPS) is 12.8. The van der Waals surface area contributed by atoms with E-state index in [1.165, 1.54) is 31.4 Å². The molecule has 0 radical (unpaired) electrons. The van der Waals surface area contributed by atoms with Crippen molar-refractivity contribution < 1.29 is 27.1 Å². The Kier molecular flexibility index (Phi) is 6.08. The van der Waals surface area contributed by atoms with Gasteiger partial charge in [0.2, 0.25) is 15.9 Å². The molecule has 148 valence electrons. The molecule has 1 N–H and O–H groups in total. The summed E-state index contributed by atoms with van der Waals surface area (Å²) in [5.41, 5.74) is 1.51. The highest BCUT2D eigenvalue weighted by Gasteiger charge is 2.18. The van der Waals surface area contributed by atoms with Gasteiger partial charge in [-0.3, -0.25) is 0 Å². The molecule has 0 bridgehead atoms. The topological polar surface area (TPSA) is 108 Å². The second-order valence-electron chi connectivity index (χ2n) is 6.15. The number of nitrogens with zero attached hydrogens (tertiary/aromatic N) is 1. The highest BCUT2D eigenvalue weighted by molar-refractivity contribution is 7.89. The van der Waals surface area contributed by atoms with Crippen LogP contribution in [0.5, 0.6) is 0 Å². The third-order valence-corrected chi connectivity index (χ3v) is 5.44. The number of fused-ring (bicyclic) bond motifs is 1. The van der Waals surface area contributed by atoms with Gasteiger partial charge in [0.05, 0.1) is 17.1 Å². The highest BCUT2D eigenvalue weighted by atomic mass is 32.2. The van der Waals surface area contributed by atoms with Gasteiger partial charge < -0.3 is 13.9 Å². The third-order valence-electron chi connectivity index (χ3n) is 3.84. The smallest absolute Gasteiger partial charge is 0.338 e. The van der Waals surface area contributed by atoms with E-state index in [0.717, 1.165) is 0 Å². The van der Waals surface area contributed by atoms with Gasteiger partial charge in [-0.25, -0.2) is 22.9 Å². The van der Waals surface area contributed by atoms with Crippen LogP contribution in [0.15, 0.2) is 57.8 Å². The van der Waals surface area contributed by atoms with E-state index in [9.17, 15) is 13.2 Å². The van der Waals surface area contributed by atoms with Gasteiger partial charge in [-0.15, -0.1) is 0 Å². The molecule has 0 saturated heterocycles. The van der Waals surface area contributed by atoms with Crippen molar-refractivity contribution >= 4 is 27.1 Å². The number of benzene rings is 2. The van der Waals surface area contributed by atoms with E-state index < -0.39 is 16.0 Å². The maximum absolute atomic E-state index is 12.3. The van der Waals surface area contributed by atoms with Crippen LogP contribution in [-0.2, 0) is 26.1 Å². The van der Waals surface area contributed by atoms with E-state index in [1.807, 2.05) is 12.1 Å². The quantitative estimate of drug-likeness (QED) is 0.575. The van der Waals surface area contributed by atoms with Gasteiger partial charge in [0, 0.05) is 13.2 Å². The first-order valence-electron chi connectivity index (χ1n) is 8.52. The van der Waals surface area contributed by atoms with E-state index in [4.69, 9.17) is 13.9 Å². The van der Waals surface area contributed by atoms with Crippen molar-refractivity contribution in [2.24, 2.45) is 0 Å². The number of oxazole rings is 1. The van der Waals surface area contributed by atoms with E-state index in [1.54, 1.807) is 19.1 Å². The number of hydrogen-bond acceptors (Lipinski definition) is 7. The summed E-state index contributed by atoms with van der Waals surface area (Å²) in [5, 5.41) is 0. The summed E-state index contributed by atoms with van der Waals surface area (Å²) < 4.78 is 42.7. The van der Waals surface area contributed by atoms with Crippen molar-refractivity contribution in [3.05, 3.63) is 60.0 Å². The molecule has 0 spiro atoms. The second kappa shape index (κ2) is 8.51. The van der Waals surface area contributed by atoms with Gasteiger partial charge >= 0.3 is 5.97 Å². The number of hydrogen-bond donors (Lipinski definition) is 1. The molecule has 0 aliphatic carbocycles. The van der Waals surface area contributed by atoms with Crippen LogP contribution in [0.1, 0.15) is 23.2 Å². The monoisotopic (exact) mass is 404 g/mol. The zero-order valence-electron chi connectivity index (χ0n) is 15.4. The molecule has 2 aromatic carbocycles. The molecule has 8 nitrogen and oxygen atoms in total. The molecule has 3 rings (SSSR count). The minimum atomic E-state index is -3.70. The van der Waals surface area contributed by atoms with Crippen LogP contribution in [0.25, 0.3) is 11.1 Å². The predicted molar refractivity (Wildman–Crippen MR) is 101 cm³/mol. The SMILES string of the molecule is COC[C@H](C)NS(=O)(=O)c1ccc(C(=O)OCc2nc3ccccc3o2)cc1. The summed E-state index contributed by atoms with van der Waals surface area (Å²) in [6, 6.07) is 12.3. The van der Waals surface area contributed by atoms with E-state index >= 15 is 0 Å². The summed E-state index contributed by atoms with van der Waals surface area (Å²) in [4.78, 5) is 16.5. The molecule has 1 aromatic heterocycles. The molecule has 0 fully saturated rings. The van der Waals surface area contributed by atoms with Crippen molar-refractivity contribution in [2.45, 2.75) is 24.5 Å². The lowest BCUT2D eigenvalue weighted by Gasteiger charge is -2.13. The number of sulfonamides is 1. The molecule has 9 heteroatoms. The Balaban J connectivity index is 1.63. The van der Waals surface area contributed by atoms with E-state index in [-0.39, 0.29) is 35.6 Å². The first-order chi connectivity index (χ1) is 13.4. The number of aromatic nitrogens is 1. The molecular weight excluding hydrogens is 384 g/mol. The molecule has 0 unspecified atom stereocenters. The summed E-state index contributed by atoms with van der Waals surface area (Å²) in [7, 11) is -2.21. The predicted octanol–water partition coefficient (Wildman–Crippen LogP) is 2.50. The first kappa shape index (κ1) is 20.0. The van der Waals surface area contributed by atoms with Crippen LogP contribution in [0.3, 0.4) is 0 Å². The van der Waals surface area contributed by atoms with Gasteiger partial charge in [-0.1, -0.05) is 12.1 Å². The molecule has 28 heavy (non-hydrogen) atoms. The number of carbonyl (C=O) groups is 1. The Hall–Kier alpha value is -2.75. The Morgan fingerprint density at radius 1 is 1.18 bits per heavy atom.